The van der Waals surface area contributed by atoms with Crippen molar-refractivity contribution in [2.24, 2.45) is 5.73 Å². The Labute approximate surface area is 127 Å². The normalized spacial score (nSPS) is 22.0. The lowest BCUT2D eigenvalue weighted by Crippen LogP contribution is -2.35. The van der Waals surface area contributed by atoms with Crippen LogP contribution in [0.5, 0.6) is 0 Å². The van der Waals surface area contributed by atoms with E-state index in [0.717, 1.165) is 12.1 Å². The molecular weight excluding hydrogens is 284 g/mol. The highest BCUT2D eigenvalue weighted by molar-refractivity contribution is 5.92. The Hall–Kier alpha value is -2.32. The van der Waals surface area contributed by atoms with Gasteiger partial charge in [0.15, 0.2) is 5.82 Å². The third-order valence-electron chi connectivity index (χ3n) is 3.93. The molecule has 1 aromatic carbocycles. The molecule has 1 aliphatic heterocycles. The number of β-amino-alcohol motifs (C(OH)–C–C–N with tert-alkyl or cyclic N) is 1. The molecule has 1 aromatic heterocycles. The summed E-state index contributed by atoms with van der Waals surface area (Å²) >= 11 is 0. The van der Waals surface area contributed by atoms with E-state index in [-0.39, 0.29) is 0 Å². The first-order valence-corrected chi connectivity index (χ1v) is 7.10. The predicted octanol–water partition coefficient (Wildman–Crippen LogP) is -0.522. The van der Waals surface area contributed by atoms with E-state index in [4.69, 9.17) is 5.73 Å². The molecule has 3 rings (SSSR count). The average molecular weight is 302 g/mol. The highest BCUT2D eigenvalue weighted by atomic mass is 16.3. The van der Waals surface area contributed by atoms with Gasteiger partial charge in [-0.1, -0.05) is 17.3 Å². The maximum absolute atomic E-state index is 11.1. The first-order valence-electron chi connectivity index (χ1n) is 7.10. The maximum atomic E-state index is 11.1. The molecule has 0 bridgehead atoms. The van der Waals surface area contributed by atoms with Crippen LogP contribution in [-0.4, -0.2) is 55.2 Å². The van der Waals surface area contributed by atoms with Crippen molar-refractivity contribution in [3.05, 3.63) is 41.2 Å². The fourth-order valence-corrected chi connectivity index (χ4v) is 2.80. The average Bonchev–Trinajstić information content (AvgIpc) is 3.10. The van der Waals surface area contributed by atoms with E-state index >= 15 is 0 Å². The van der Waals surface area contributed by atoms with Crippen molar-refractivity contribution in [1.29, 1.82) is 0 Å². The zero-order valence-electron chi connectivity index (χ0n) is 12.1. The van der Waals surface area contributed by atoms with Gasteiger partial charge in [-0.3, -0.25) is 9.69 Å². The number of carbonyl (C=O) groups excluding carboxylic acids is 1. The first kappa shape index (κ1) is 14.6. The molecule has 1 atom stereocenters. The molecule has 116 valence electrons. The van der Waals surface area contributed by atoms with Crippen LogP contribution in [0.1, 0.15) is 28.2 Å². The van der Waals surface area contributed by atoms with Crippen LogP contribution in [0.15, 0.2) is 24.3 Å². The molecule has 1 fully saturated rings. The number of aliphatic hydroxyl groups is 1. The Kier molecular flexibility index (Phi) is 3.86. The second-order valence-corrected chi connectivity index (χ2v) is 5.75. The van der Waals surface area contributed by atoms with Gasteiger partial charge in [-0.15, -0.1) is 10.2 Å². The van der Waals surface area contributed by atoms with Crippen molar-refractivity contribution in [2.75, 3.05) is 13.1 Å². The number of nitrogens with two attached hydrogens (primary N) is 1. The number of hydrogen-bond acceptors (Lipinski definition) is 6. The van der Waals surface area contributed by atoms with Gasteiger partial charge >= 0.3 is 0 Å². The fraction of sp³-hybridized carbons (Fsp3) is 0.429. The molecule has 22 heavy (non-hydrogen) atoms. The number of likely N-dealkylation sites (tertiary alicyclic amines) is 1. The summed E-state index contributed by atoms with van der Waals surface area (Å²) in [6, 6.07) is 7.21. The summed E-state index contributed by atoms with van der Waals surface area (Å²) in [6.07, 6.45) is 1.06. The number of carbonyl (C=O) groups is 1. The van der Waals surface area contributed by atoms with Crippen LogP contribution >= 0.6 is 0 Å². The van der Waals surface area contributed by atoms with Crippen LogP contribution in [0.25, 0.3) is 0 Å². The van der Waals surface area contributed by atoms with Gasteiger partial charge in [-0.25, -0.2) is 0 Å². The summed E-state index contributed by atoms with van der Waals surface area (Å²) in [5, 5.41) is 24.3. The highest BCUT2D eigenvalue weighted by Gasteiger charge is 2.37. The Morgan fingerprint density at radius 2 is 2.18 bits per heavy atom. The van der Waals surface area contributed by atoms with Crippen LogP contribution < -0.4 is 5.73 Å². The standard InChI is InChI=1S/C14H18N6O2/c15-13(21)11-3-1-10(2-4-11)8-20-6-5-14(22,9-20)7-12-16-18-19-17-12/h1-4,22H,5-9H2,(H2,15,21)(H,16,17,18,19). The minimum absolute atomic E-state index is 0.389. The third kappa shape index (κ3) is 3.29. The number of benzene rings is 1. The van der Waals surface area contributed by atoms with E-state index in [0.29, 0.717) is 37.3 Å². The number of primary amides is 1. The Morgan fingerprint density at radius 1 is 1.41 bits per heavy atom. The fourth-order valence-electron chi connectivity index (χ4n) is 2.80. The van der Waals surface area contributed by atoms with Gasteiger partial charge in [-0.05, 0) is 24.1 Å². The van der Waals surface area contributed by atoms with Crippen molar-refractivity contribution in [1.82, 2.24) is 25.5 Å². The lowest BCUT2D eigenvalue weighted by atomic mass is 9.99. The number of rotatable bonds is 5. The van der Waals surface area contributed by atoms with E-state index in [1.54, 1.807) is 12.1 Å². The second kappa shape index (κ2) is 5.82. The minimum atomic E-state index is -0.822. The summed E-state index contributed by atoms with van der Waals surface area (Å²) in [4.78, 5) is 13.2. The number of H-pyrrole nitrogens is 1. The quantitative estimate of drug-likeness (QED) is 0.683. The van der Waals surface area contributed by atoms with Crippen molar-refractivity contribution in [3.63, 3.8) is 0 Å². The lowest BCUT2D eigenvalue weighted by Gasteiger charge is -2.22. The van der Waals surface area contributed by atoms with Crippen LogP contribution in [0.3, 0.4) is 0 Å². The highest BCUT2D eigenvalue weighted by Crippen LogP contribution is 2.25. The zero-order chi connectivity index (χ0) is 15.6. The minimum Gasteiger partial charge on any atom is -0.388 e. The molecule has 0 aliphatic carbocycles. The molecule has 4 N–H and O–H groups in total. The molecule has 0 radical (unpaired) electrons. The maximum Gasteiger partial charge on any atom is 0.248 e. The number of nitrogens with one attached hydrogen (secondary N) is 1. The summed E-state index contributed by atoms with van der Waals surface area (Å²) in [5.74, 6) is 0.0948. The number of nitrogens with zero attached hydrogens (tertiary/aromatic N) is 4. The van der Waals surface area contributed by atoms with Crippen molar-refractivity contribution in [3.8, 4) is 0 Å². The van der Waals surface area contributed by atoms with Crippen molar-refractivity contribution >= 4 is 5.91 Å². The van der Waals surface area contributed by atoms with Crippen molar-refractivity contribution < 1.29 is 9.90 Å². The molecular formula is C14H18N6O2. The monoisotopic (exact) mass is 302 g/mol. The topological polar surface area (TPSA) is 121 Å². The number of hydrogen-bond donors (Lipinski definition) is 3. The molecule has 1 unspecified atom stereocenters. The summed E-state index contributed by atoms with van der Waals surface area (Å²) in [6.45, 7) is 2.07. The van der Waals surface area contributed by atoms with Gasteiger partial charge in [0, 0.05) is 31.6 Å². The lowest BCUT2D eigenvalue weighted by molar-refractivity contribution is 0.0469. The molecule has 1 saturated heterocycles. The van der Waals surface area contributed by atoms with Crippen LogP contribution in [0.4, 0.5) is 0 Å². The van der Waals surface area contributed by atoms with Gasteiger partial charge in [0.05, 0.1) is 5.60 Å². The molecule has 2 aromatic rings. The van der Waals surface area contributed by atoms with E-state index in [1.165, 1.54) is 0 Å². The number of aromatic nitrogens is 4. The van der Waals surface area contributed by atoms with Crippen LogP contribution in [0.2, 0.25) is 0 Å². The van der Waals surface area contributed by atoms with Gasteiger partial charge in [0.25, 0.3) is 0 Å². The smallest absolute Gasteiger partial charge is 0.248 e. The SMILES string of the molecule is NC(=O)c1ccc(CN2CCC(O)(Cc3nn[nH]n3)C2)cc1. The van der Waals surface area contributed by atoms with Gasteiger partial charge < -0.3 is 10.8 Å². The number of amides is 1. The van der Waals surface area contributed by atoms with Crippen molar-refractivity contribution in [2.45, 2.75) is 25.0 Å². The van der Waals surface area contributed by atoms with Gasteiger partial charge in [0.2, 0.25) is 5.91 Å². The van der Waals surface area contributed by atoms with Crippen LogP contribution in [-0.2, 0) is 13.0 Å². The van der Waals surface area contributed by atoms with E-state index < -0.39 is 11.5 Å². The molecule has 1 aliphatic rings. The number of tetrazole rings is 1. The molecule has 0 saturated carbocycles. The summed E-state index contributed by atoms with van der Waals surface area (Å²) < 4.78 is 0. The third-order valence-corrected chi connectivity index (χ3v) is 3.93. The van der Waals surface area contributed by atoms with Crippen LogP contribution in [0, 0.1) is 0 Å². The molecule has 2 heterocycles. The zero-order valence-corrected chi connectivity index (χ0v) is 12.1. The largest absolute Gasteiger partial charge is 0.388 e. The Morgan fingerprint density at radius 3 is 2.82 bits per heavy atom. The van der Waals surface area contributed by atoms with E-state index in [9.17, 15) is 9.90 Å². The Bertz CT molecular complexity index is 642. The second-order valence-electron chi connectivity index (χ2n) is 5.75. The first-order chi connectivity index (χ1) is 10.5. The molecule has 1 amide bonds. The van der Waals surface area contributed by atoms with Gasteiger partial charge in [-0.2, -0.15) is 5.21 Å². The Balaban J connectivity index is 1.59. The predicted molar refractivity (Wildman–Crippen MR) is 77.7 cm³/mol. The number of aromatic amines is 1. The van der Waals surface area contributed by atoms with E-state index in [2.05, 4.69) is 25.5 Å². The van der Waals surface area contributed by atoms with E-state index in [1.807, 2.05) is 12.1 Å². The summed E-state index contributed by atoms with van der Waals surface area (Å²) in [5.41, 5.74) is 5.98. The van der Waals surface area contributed by atoms with Gasteiger partial charge in [0.1, 0.15) is 0 Å². The molecule has 0 spiro atoms. The summed E-state index contributed by atoms with van der Waals surface area (Å²) in [7, 11) is 0. The molecule has 8 nitrogen and oxygen atoms in total. The molecule has 8 heteroatoms.